The molecule has 0 aliphatic carbocycles. The van der Waals surface area contributed by atoms with Crippen molar-refractivity contribution in [2.24, 2.45) is 7.05 Å². The summed E-state index contributed by atoms with van der Waals surface area (Å²) in [5.74, 6) is 0.880. The Labute approximate surface area is 116 Å². The minimum absolute atomic E-state index is 0.475. The van der Waals surface area contributed by atoms with E-state index >= 15 is 0 Å². The Morgan fingerprint density at radius 2 is 2.37 bits per heavy atom. The molecule has 0 saturated carbocycles. The van der Waals surface area contributed by atoms with Crippen molar-refractivity contribution in [2.45, 2.75) is 18.9 Å². The first-order chi connectivity index (χ1) is 9.15. The predicted molar refractivity (Wildman–Crippen MR) is 72.5 cm³/mol. The molecule has 0 spiro atoms. The van der Waals surface area contributed by atoms with E-state index in [1.807, 2.05) is 25.2 Å². The zero-order valence-corrected chi connectivity index (χ0v) is 11.4. The Morgan fingerprint density at radius 1 is 1.53 bits per heavy atom. The highest BCUT2D eigenvalue weighted by Crippen LogP contribution is 2.35. The van der Waals surface area contributed by atoms with Crippen molar-refractivity contribution >= 4 is 11.6 Å². The molecule has 3 rings (SSSR count). The fourth-order valence-electron chi connectivity index (χ4n) is 2.52. The molecule has 0 bridgehead atoms. The minimum atomic E-state index is -0.612. The molecule has 2 aromatic rings. The molecule has 0 amide bonds. The number of halogens is 1. The number of aliphatic hydroxyl groups excluding tert-OH is 1. The number of benzene rings is 1. The third-order valence-corrected chi connectivity index (χ3v) is 3.66. The van der Waals surface area contributed by atoms with E-state index in [0.29, 0.717) is 18.1 Å². The van der Waals surface area contributed by atoms with Gasteiger partial charge < -0.3 is 9.84 Å². The molecule has 19 heavy (non-hydrogen) atoms. The van der Waals surface area contributed by atoms with Gasteiger partial charge in [-0.15, -0.1) is 0 Å². The Morgan fingerprint density at radius 3 is 3.11 bits per heavy atom. The predicted octanol–water partition coefficient (Wildman–Crippen LogP) is 2.28. The van der Waals surface area contributed by atoms with E-state index < -0.39 is 6.10 Å². The van der Waals surface area contributed by atoms with Gasteiger partial charge >= 0.3 is 0 Å². The van der Waals surface area contributed by atoms with Crippen LogP contribution in [0.3, 0.4) is 0 Å². The van der Waals surface area contributed by atoms with Crippen LogP contribution in [0, 0.1) is 0 Å². The first-order valence-electron chi connectivity index (χ1n) is 6.25. The number of nitrogens with zero attached hydrogens (tertiary/aromatic N) is 2. The third-order valence-electron chi connectivity index (χ3n) is 3.44. The molecule has 1 aromatic carbocycles. The highest BCUT2D eigenvalue weighted by atomic mass is 35.5. The van der Waals surface area contributed by atoms with Crippen LogP contribution < -0.4 is 4.74 Å². The first kappa shape index (κ1) is 12.5. The lowest BCUT2D eigenvalue weighted by Gasteiger charge is -2.14. The number of fused-ring (bicyclic) bond motifs is 1. The summed E-state index contributed by atoms with van der Waals surface area (Å²) in [5.41, 5.74) is 2.86. The highest BCUT2D eigenvalue weighted by molar-refractivity contribution is 6.30. The van der Waals surface area contributed by atoms with Gasteiger partial charge in [-0.05, 0) is 29.3 Å². The van der Waals surface area contributed by atoms with Crippen molar-refractivity contribution in [1.82, 2.24) is 9.78 Å². The van der Waals surface area contributed by atoms with Crippen LogP contribution in [0.5, 0.6) is 5.75 Å². The van der Waals surface area contributed by atoms with Gasteiger partial charge in [-0.3, -0.25) is 4.68 Å². The van der Waals surface area contributed by atoms with Crippen molar-refractivity contribution in [3.63, 3.8) is 0 Å². The lowest BCUT2D eigenvalue weighted by Crippen LogP contribution is -2.08. The normalized spacial score (nSPS) is 15.1. The van der Waals surface area contributed by atoms with Crippen LogP contribution in [0.25, 0.3) is 0 Å². The molecule has 1 N–H and O–H groups in total. The van der Waals surface area contributed by atoms with Gasteiger partial charge in [-0.25, -0.2) is 0 Å². The molecule has 100 valence electrons. The van der Waals surface area contributed by atoms with Crippen LogP contribution in [-0.4, -0.2) is 21.5 Å². The Balaban J connectivity index is 1.90. The second-order valence-electron chi connectivity index (χ2n) is 4.75. The summed E-state index contributed by atoms with van der Waals surface area (Å²) in [7, 11) is 1.82. The Kier molecular flexibility index (Phi) is 3.21. The van der Waals surface area contributed by atoms with Crippen LogP contribution in [-0.2, 0) is 19.9 Å². The molecular weight excluding hydrogens is 264 g/mol. The Bertz CT molecular complexity index is 609. The maximum Gasteiger partial charge on any atom is 0.126 e. The molecule has 0 radical (unpaired) electrons. The van der Waals surface area contributed by atoms with Crippen molar-refractivity contribution in [3.8, 4) is 5.75 Å². The van der Waals surface area contributed by atoms with E-state index in [4.69, 9.17) is 16.3 Å². The van der Waals surface area contributed by atoms with E-state index in [1.54, 1.807) is 10.9 Å². The molecular formula is C14H15ClN2O2. The Hall–Kier alpha value is -1.52. The second-order valence-corrected chi connectivity index (χ2v) is 5.19. The van der Waals surface area contributed by atoms with Crippen molar-refractivity contribution in [1.29, 1.82) is 0 Å². The van der Waals surface area contributed by atoms with Crippen LogP contribution >= 0.6 is 11.6 Å². The zero-order chi connectivity index (χ0) is 13.4. The SMILES string of the molecule is Cn1nccc1C(O)Cc1cc(Cl)cc2c1OCC2. The summed E-state index contributed by atoms with van der Waals surface area (Å²) in [6.45, 7) is 0.685. The number of hydrogen-bond donors (Lipinski definition) is 1. The maximum absolute atomic E-state index is 10.3. The van der Waals surface area contributed by atoms with E-state index in [9.17, 15) is 5.11 Å². The summed E-state index contributed by atoms with van der Waals surface area (Å²) in [4.78, 5) is 0. The highest BCUT2D eigenvalue weighted by Gasteiger charge is 2.21. The van der Waals surface area contributed by atoms with Crippen LogP contribution in [0.15, 0.2) is 24.4 Å². The van der Waals surface area contributed by atoms with Crippen LogP contribution in [0.1, 0.15) is 22.9 Å². The van der Waals surface area contributed by atoms with E-state index in [2.05, 4.69) is 5.10 Å². The average Bonchev–Trinajstić information content (AvgIpc) is 2.97. The lowest BCUT2D eigenvalue weighted by atomic mass is 10.0. The lowest BCUT2D eigenvalue weighted by molar-refractivity contribution is 0.167. The van der Waals surface area contributed by atoms with Crippen molar-refractivity contribution in [2.75, 3.05) is 6.61 Å². The molecule has 1 aliphatic heterocycles. The summed E-state index contributed by atoms with van der Waals surface area (Å²) in [6, 6.07) is 5.62. The number of aryl methyl sites for hydroxylation is 1. The quantitative estimate of drug-likeness (QED) is 0.937. The van der Waals surface area contributed by atoms with Crippen molar-refractivity contribution in [3.05, 3.63) is 46.2 Å². The molecule has 4 nitrogen and oxygen atoms in total. The monoisotopic (exact) mass is 278 g/mol. The van der Waals surface area contributed by atoms with E-state index in [1.165, 1.54) is 0 Å². The summed E-state index contributed by atoms with van der Waals surface area (Å²) < 4.78 is 7.32. The molecule has 2 heterocycles. The number of ether oxygens (including phenoxy) is 1. The summed E-state index contributed by atoms with van der Waals surface area (Å²) >= 11 is 6.11. The average molecular weight is 279 g/mol. The van der Waals surface area contributed by atoms with Gasteiger partial charge in [-0.1, -0.05) is 11.6 Å². The summed E-state index contributed by atoms with van der Waals surface area (Å²) in [5, 5.41) is 15.1. The third kappa shape index (κ3) is 2.33. The fraction of sp³-hybridized carbons (Fsp3) is 0.357. The molecule has 1 aromatic heterocycles. The fourth-order valence-corrected chi connectivity index (χ4v) is 2.78. The second kappa shape index (κ2) is 4.87. The van der Waals surface area contributed by atoms with E-state index in [0.717, 1.165) is 29.0 Å². The van der Waals surface area contributed by atoms with Gasteiger partial charge in [0.1, 0.15) is 5.75 Å². The number of aromatic nitrogens is 2. The molecule has 0 fully saturated rings. The van der Waals surface area contributed by atoms with E-state index in [-0.39, 0.29) is 0 Å². The summed E-state index contributed by atoms with van der Waals surface area (Å²) in [6.07, 6.45) is 2.42. The smallest absolute Gasteiger partial charge is 0.126 e. The number of aliphatic hydroxyl groups is 1. The van der Waals surface area contributed by atoms with Gasteiger partial charge in [0.25, 0.3) is 0 Å². The zero-order valence-electron chi connectivity index (χ0n) is 10.6. The van der Waals surface area contributed by atoms with Gasteiger partial charge in [0, 0.05) is 31.1 Å². The van der Waals surface area contributed by atoms with Gasteiger partial charge in [0.15, 0.2) is 0 Å². The molecule has 0 saturated heterocycles. The topological polar surface area (TPSA) is 47.3 Å². The van der Waals surface area contributed by atoms with Gasteiger partial charge in [-0.2, -0.15) is 5.10 Å². The number of hydrogen-bond acceptors (Lipinski definition) is 3. The maximum atomic E-state index is 10.3. The van der Waals surface area contributed by atoms with Gasteiger partial charge in [0.05, 0.1) is 18.4 Å². The van der Waals surface area contributed by atoms with Crippen LogP contribution in [0.2, 0.25) is 5.02 Å². The van der Waals surface area contributed by atoms with Crippen molar-refractivity contribution < 1.29 is 9.84 Å². The molecule has 1 aliphatic rings. The van der Waals surface area contributed by atoms with Gasteiger partial charge in [0.2, 0.25) is 0 Å². The molecule has 5 heteroatoms. The number of rotatable bonds is 3. The standard InChI is InChI=1S/C14H15ClN2O2/c1-17-12(2-4-16-17)13(18)8-10-7-11(15)6-9-3-5-19-14(9)10/h2,4,6-7,13,18H,3,5,8H2,1H3. The van der Waals surface area contributed by atoms with Crippen LogP contribution in [0.4, 0.5) is 0 Å². The largest absolute Gasteiger partial charge is 0.493 e. The molecule has 1 atom stereocenters. The first-order valence-corrected chi connectivity index (χ1v) is 6.63. The molecule has 1 unspecified atom stereocenters. The minimum Gasteiger partial charge on any atom is -0.493 e.